The maximum Gasteiger partial charge on any atom is 0.258 e. The van der Waals surface area contributed by atoms with Crippen molar-refractivity contribution in [2.75, 3.05) is 24.5 Å². The summed E-state index contributed by atoms with van der Waals surface area (Å²) in [4.78, 5) is 46.3. The second-order valence-electron chi connectivity index (χ2n) is 13.4. The number of hydrogen-bond acceptors (Lipinski definition) is 10. The van der Waals surface area contributed by atoms with Crippen molar-refractivity contribution in [3.63, 3.8) is 0 Å². The van der Waals surface area contributed by atoms with Gasteiger partial charge in [-0.15, -0.1) is 11.8 Å². The summed E-state index contributed by atoms with van der Waals surface area (Å²) in [7, 11) is 0. The Morgan fingerprint density at radius 1 is 1.08 bits per heavy atom. The zero-order valence-electron chi connectivity index (χ0n) is 28.3. The normalized spacial score (nSPS) is 18.5. The van der Waals surface area contributed by atoms with E-state index in [0.717, 1.165) is 16.3 Å². The fraction of sp³-hybridized carbons (Fsp3) is 0.486. The second kappa shape index (κ2) is 16.4. The average molecular weight is 698 g/mol. The van der Waals surface area contributed by atoms with Gasteiger partial charge in [-0.25, -0.2) is 0 Å². The number of aliphatic hydroxyl groups excluding tert-OH is 2. The molecular formula is C35H47N5O6S2. The van der Waals surface area contributed by atoms with Crippen LogP contribution in [0.1, 0.15) is 40.2 Å². The minimum absolute atomic E-state index is 0.163. The highest BCUT2D eigenvalue weighted by atomic mass is 32.2. The van der Waals surface area contributed by atoms with Crippen LogP contribution in [0, 0.1) is 0 Å². The van der Waals surface area contributed by atoms with Crippen molar-refractivity contribution < 1.29 is 29.3 Å². The number of rotatable bonds is 14. The van der Waals surface area contributed by atoms with Crippen LogP contribution in [0.2, 0.25) is 0 Å². The van der Waals surface area contributed by atoms with E-state index in [9.17, 15) is 24.6 Å². The Balaban J connectivity index is 1.49. The Hall–Kier alpha value is -3.36. The Morgan fingerprint density at radius 2 is 1.81 bits per heavy atom. The molecule has 13 heteroatoms. The minimum atomic E-state index is -1.62. The summed E-state index contributed by atoms with van der Waals surface area (Å²) in [5.74, 6) is -0.595. The third-order valence-electron chi connectivity index (χ3n) is 8.03. The van der Waals surface area contributed by atoms with E-state index >= 15 is 0 Å². The number of amides is 3. The molecule has 260 valence electrons. The van der Waals surface area contributed by atoms with Crippen molar-refractivity contribution in [2.45, 2.75) is 81.8 Å². The predicted molar refractivity (Wildman–Crippen MR) is 192 cm³/mol. The molecule has 2 aromatic carbocycles. The Bertz CT molecular complexity index is 1550. The third kappa shape index (κ3) is 9.85. The number of hydrogen-bond donors (Lipinski definition) is 5. The molecule has 2 heterocycles. The van der Waals surface area contributed by atoms with Crippen LogP contribution in [0.4, 0.5) is 0 Å². The number of pyridine rings is 1. The fourth-order valence-corrected chi connectivity index (χ4v) is 7.49. The van der Waals surface area contributed by atoms with Crippen LogP contribution in [-0.4, -0.2) is 103 Å². The molecule has 0 radical (unpaired) electrons. The molecule has 4 rings (SSSR count). The van der Waals surface area contributed by atoms with E-state index in [1.54, 1.807) is 24.5 Å². The minimum Gasteiger partial charge on any atom is -0.483 e. The van der Waals surface area contributed by atoms with E-state index in [2.05, 4.69) is 20.9 Å². The first kappa shape index (κ1) is 37.5. The number of nitrogens with zero attached hydrogens (tertiary/aromatic N) is 2. The van der Waals surface area contributed by atoms with Crippen molar-refractivity contribution >= 4 is 52.0 Å². The number of aromatic nitrogens is 1. The molecule has 3 amide bonds. The van der Waals surface area contributed by atoms with Crippen LogP contribution in [-0.2, 0) is 20.8 Å². The number of aliphatic hydroxyl groups is 2. The number of fused-ring (bicyclic) bond motifs is 1. The molecule has 1 aliphatic heterocycles. The van der Waals surface area contributed by atoms with E-state index in [1.807, 2.05) is 83.3 Å². The van der Waals surface area contributed by atoms with Crippen LogP contribution >= 0.6 is 23.5 Å². The highest BCUT2D eigenvalue weighted by Crippen LogP contribution is 2.41. The maximum atomic E-state index is 14.0. The first-order valence-electron chi connectivity index (χ1n) is 15.9. The summed E-state index contributed by atoms with van der Waals surface area (Å²) in [6.07, 6.45) is 2.66. The molecule has 1 unspecified atom stereocenters. The van der Waals surface area contributed by atoms with Gasteiger partial charge in [0, 0.05) is 39.2 Å². The van der Waals surface area contributed by atoms with E-state index in [0.29, 0.717) is 5.75 Å². The summed E-state index contributed by atoms with van der Waals surface area (Å²) in [6, 6.07) is 13.9. The number of nitrogens with one attached hydrogen (secondary N) is 3. The SMILES string of the molecule is CSC[C@@H](NC(=O)COc1cccc2cnccc12)C(=O)N[C@H](Cc1ccccc1)[C@@H](O)C(=O)N1CSC(C)(C)[C@@H]1C(O)NC(C)(C)C. The predicted octanol–water partition coefficient (Wildman–Crippen LogP) is 2.94. The average Bonchev–Trinajstić information content (AvgIpc) is 3.36. The Morgan fingerprint density at radius 3 is 2.50 bits per heavy atom. The van der Waals surface area contributed by atoms with Crippen LogP contribution in [0.5, 0.6) is 5.75 Å². The van der Waals surface area contributed by atoms with Crippen LogP contribution in [0.3, 0.4) is 0 Å². The van der Waals surface area contributed by atoms with Crippen LogP contribution < -0.4 is 20.7 Å². The number of ether oxygens (including phenoxy) is 1. The van der Waals surface area contributed by atoms with Gasteiger partial charge in [-0.2, -0.15) is 11.8 Å². The maximum absolute atomic E-state index is 14.0. The zero-order valence-corrected chi connectivity index (χ0v) is 29.9. The number of carbonyl (C=O) groups excluding carboxylic acids is 3. The van der Waals surface area contributed by atoms with Gasteiger partial charge < -0.3 is 30.5 Å². The molecule has 0 spiro atoms. The van der Waals surface area contributed by atoms with Crippen molar-refractivity contribution in [3.8, 4) is 5.75 Å². The monoisotopic (exact) mass is 697 g/mol. The van der Waals surface area contributed by atoms with Gasteiger partial charge in [-0.3, -0.25) is 24.7 Å². The van der Waals surface area contributed by atoms with E-state index < -0.39 is 58.5 Å². The Labute approximate surface area is 291 Å². The summed E-state index contributed by atoms with van der Waals surface area (Å²) in [5.41, 5.74) is 0.384. The van der Waals surface area contributed by atoms with Gasteiger partial charge in [0.15, 0.2) is 12.7 Å². The molecule has 5 atom stereocenters. The molecule has 5 N–H and O–H groups in total. The molecule has 0 bridgehead atoms. The van der Waals surface area contributed by atoms with Crippen molar-refractivity contribution in [2.24, 2.45) is 0 Å². The lowest BCUT2D eigenvalue weighted by Gasteiger charge is -2.39. The number of thioether (sulfide) groups is 2. The molecule has 1 fully saturated rings. The molecule has 1 saturated heterocycles. The highest BCUT2D eigenvalue weighted by molar-refractivity contribution is 8.00. The topological polar surface area (TPSA) is 153 Å². The molecular weight excluding hydrogens is 651 g/mol. The fourth-order valence-electron chi connectivity index (χ4n) is 5.73. The lowest BCUT2D eigenvalue weighted by atomic mass is 9.95. The molecule has 48 heavy (non-hydrogen) atoms. The van der Waals surface area contributed by atoms with Gasteiger partial charge in [0.05, 0.1) is 18.0 Å². The summed E-state index contributed by atoms with van der Waals surface area (Å²) in [5, 5.41) is 33.3. The first-order chi connectivity index (χ1) is 22.7. The second-order valence-corrected chi connectivity index (χ2v) is 15.9. The van der Waals surface area contributed by atoms with Crippen LogP contribution in [0.15, 0.2) is 67.0 Å². The van der Waals surface area contributed by atoms with Gasteiger partial charge >= 0.3 is 0 Å². The standard InChI is InChI=1S/C35H47N5O6S2/c1-34(2,3)39-32(44)30-35(4,5)48-21-40(30)33(45)29(42)25(17-22-11-8-7-9-12-22)38-31(43)26(20-47-6)37-28(41)19-46-27-14-10-13-23-18-36-16-15-24(23)27/h7-16,18,25-26,29-30,32,39,42,44H,17,19-21H2,1-6H3,(H,37,41)(H,38,43)/t25-,26-,29-,30+,32?/m1/s1. The lowest BCUT2D eigenvalue weighted by molar-refractivity contribution is -0.147. The van der Waals surface area contributed by atoms with Gasteiger partial charge in [0.25, 0.3) is 11.8 Å². The number of carbonyl (C=O) groups is 3. The van der Waals surface area contributed by atoms with Crippen LogP contribution in [0.25, 0.3) is 10.8 Å². The molecule has 3 aromatic rings. The molecule has 1 aliphatic rings. The van der Waals surface area contributed by atoms with Gasteiger partial charge in [0.2, 0.25) is 5.91 Å². The lowest BCUT2D eigenvalue weighted by Crippen LogP contribution is -2.63. The first-order valence-corrected chi connectivity index (χ1v) is 18.2. The van der Waals surface area contributed by atoms with Gasteiger partial charge in [-0.1, -0.05) is 42.5 Å². The highest BCUT2D eigenvalue weighted by Gasteiger charge is 2.50. The van der Waals surface area contributed by atoms with Crippen molar-refractivity contribution in [1.82, 2.24) is 25.8 Å². The quantitative estimate of drug-likeness (QED) is 0.159. The zero-order chi connectivity index (χ0) is 35.1. The third-order valence-corrected chi connectivity index (χ3v) is 10.1. The van der Waals surface area contributed by atoms with E-state index in [-0.39, 0.29) is 24.7 Å². The molecule has 0 aliphatic carbocycles. The summed E-state index contributed by atoms with van der Waals surface area (Å²) < 4.78 is 5.30. The smallest absolute Gasteiger partial charge is 0.258 e. The summed E-state index contributed by atoms with van der Waals surface area (Å²) in [6.45, 7) is 9.37. The largest absolute Gasteiger partial charge is 0.483 e. The number of benzene rings is 2. The Kier molecular flexibility index (Phi) is 12.8. The molecule has 11 nitrogen and oxygen atoms in total. The van der Waals surface area contributed by atoms with Gasteiger partial charge in [0.1, 0.15) is 18.0 Å². The van der Waals surface area contributed by atoms with E-state index in [4.69, 9.17) is 4.74 Å². The molecule has 1 aromatic heterocycles. The molecule has 0 saturated carbocycles. The van der Waals surface area contributed by atoms with Crippen molar-refractivity contribution in [1.29, 1.82) is 0 Å². The van der Waals surface area contributed by atoms with Crippen molar-refractivity contribution in [3.05, 3.63) is 72.6 Å². The van der Waals surface area contributed by atoms with E-state index in [1.165, 1.54) is 28.4 Å². The summed E-state index contributed by atoms with van der Waals surface area (Å²) >= 11 is 2.88. The van der Waals surface area contributed by atoms with Gasteiger partial charge in [-0.05, 0) is 65.0 Å².